The number of unbranched alkanes of at least 4 members (excludes halogenated alkanes) is 14. The van der Waals surface area contributed by atoms with Crippen molar-refractivity contribution in [2.75, 3.05) is 13.6 Å². The zero-order valence-electron chi connectivity index (χ0n) is 21.8. The van der Waals surface area contributed by atoms with Crippen molar-refractivity contribution < 1.29 is 9.90 Å². The summed E-state index contributed by atoms with van der Waals surface area (Å²) in [6.45, 7) is 9.10. The van der Waals surface area contributed by atoms with E-state index in [2.05, 4.69) is 19.2 Å². The van der Waals surface area contributed by atoms with Gasteiger partial charge in [0.15, 0.2) is 0 Å². The van der Waals surface area contributed by atoms with Gasteiger partial charge in [-0.2, -0.15) is 0 Å². The maximum absolute atomic E-state index is 12.4. The Morgan fingerprint density at radius 2 is 1.13 bits per heavy atom. The number of carbonyl (C=O) groups is 1. The lowest BCUT2D eigenvalue weighted by molar-refractivity contribution is -0.129. The van der Waals surface area contributed by atoms with Gasteiger partial charge in [-0.1, -0.05) is 118 Å². The normalized spacial score (nSPS) is 13.0. The zero-order valence-corrected chi connectivity index (χ0v) is 21.8. The van der Waals surface area contributed by atoms with Crippen LogP contribution in [0.3, 0.4) is 0 Å². The molecule has 4 heteroatoms. The lowest BCUT2D eigenvalue weighted by Gasteiger charge is -2.40. The molecule has 0 saturated carbocycles. The van der Waals surface area contributed by atoms with Gasteiger partial charge in [-0.15, -0.1) is 0 Å². The molecule has 0 aliphatic heterocycles. The van der Waals surface area contributed by atoms with Crippen LogP contribution in [-0.2, 0) is 4.79 Å². The second-order valence-electron chi connectivity index (χ2n) is 9.55. The first kappa shape index (κ1) is 30.4. The lowest BCUT2D eigenvalue weighted by Crippen LogP contribution is -2.60. The molecule has 186 valence electrons. The summed E-state index contributed by atoms with van der Waals surface area (Å²) in [6.07, 6.45) is 21.5. The number of hydrogen-bond acceptors (Lipinski definition) is 3. The van der Waals surface area contributed by atoms with Gasteiger partial charge < -0.3 is 10.4 Å². The molecule has 1 amide bonds. The van der Waals surface area contributed by atoms with Crippen molar-refractivity contribution in [1.82, 2.24) is 10.2 Å². The average molecular weight is 441 g/mol. The first-order valence-electron chi connectivity index (χ1n) is 13.7. The fourth-order valence-electron chi connectivity index (χ4n) is 4.36. The first-order valence-corrected chi connectivity index (χ1v) is 13.7. The third kappa shape index (κ3) is 15.0. The monoisotopic (exact) mass is 440 g/mol. The van der Waals surface area contributed by atoms with E-state index in [0.29, 0.717) is 19.3 Å². The van der Waals surface area contributed by atoms with E-state index < -0.39 is 5.60 Å². The second-order valence-corrected chi connectivity index (χ2v) is 9.55. The predicted molar refractivity (Wildman–Crippen MR) is 135 cm³/mol. The smallest absolute Gasteiger partial charge is 0.221 e. The van der Waals surface area contributed by atoms with Crippen LogP contribution in [0.25, 0.3) is 0 Å². The number of rotatable bonds is 22. The van der Waals surface area contributed by atoms with Crippen molar-refractivity contribution in [2.24, 2.45) is 0 Å². The van der Waals surface area contributed by atoms with Gasteiger partial charge in [0.1, 0.15) is 6.17 Å². The molecule has 0 aliphatic rings. The van der Waals surface area contributed by atoms with E-state index in [1.165, 1.54) is 83.5 Å². The van der Waals surface area contributed by atoms with Gasteiger partial charge in [0.2, 0.25) is 5.91 Å². The van der Waals surface area contributed by atoms with Crippen molar-refractivity contribution >= 4 is 5.91 Å². The fraction of sp³-hybridized carbons (Fsp3) is 0.963. The highest BCUT2D eigenvalue weighted by Gasteiger charge is 2.36. The van der Waals surface area contributed by atoms with Crippen LogP contribution in [-0.4, -0.2) is 41.3 Å². The molecule has 0 aromatic heterocycles. The van der Waals surface area contributed by atoms with Gasteiger partial charge in [0, 0.05) is 6.42 Å². The largest absolute Gasteiger partial charge is 0.386 e. The molecule has 0 fully saturated rings. The Labute approximate surface area is 194 Å². The minimum Gasteiger partial charge on any atom is -0.386 e. The van der Waals surface area contributed by atoms with Crippen LogP contribution >= 0.6 is 0 Å². The predicted octanol–water partition coefficient (Wildman–Crippen LogP) is 7.19. The van der Waals surface area contributed by atoms with Crippen LogP contribution in [0.2, 0.25) is 0 Å². The molecule has 0 rings (SSSR count). The van der Waals surface area contributed by atoms with E-state index in [1.54, 1.807) is 0 Å². The molecule has 4 nitrogen and oxygen atoms in total. The van der Waals surface area contributed by atoms with E-state index in [4.69, 9.17) is 0 Å². The van der Waals surface area contributed by atoms with Crippen LogP contribution in [0.15, 0.2) is 0 Å². The third-order valence-electron chi connectivity index (χ3n) is 6.98. The fourth-order valence-corrected chi connectivity index (χ4v) is 4.36. The minimum atomic E-state index is -0.866. The van der Waals surface area contributed by atoms with E-state index in [1.807, 2.05) is 25.8 Å². The van der Waals surface area contributed by atoms with Crippen molar-refractivity contribution in [1.29, 1.82) is 0 Å². The van der Waals surface area contributed by atoms with Crippen LogP contribution in [0.1, 0.15) is 143 Å². The Morgan fingerprint density at radius 1 is 0.742 bits per heavy atom. The highest BCUT2D eigenvalue weighted by Crippen LogP contribution is 2.22. The molecule has 0 bridgehead atoms. The highest BCUT2D eigenvalue weighted by atomic mass is 16.3. The Balaban J connectivity index is 3.72. The molecule has 0 aliphatic carbocycles. The summed E-state index contributed by atoms with van der Waals surface area (Å²) in [5.74, 6) is 0.0697. The van der Waals surface area contributed by atoms with Crippen LogP contribution in [0, 0.1) is 0 Å². The Bertz CT molecular complexity index is 410. The maximum Gasteiger partial charge on any atom is 0.221 e. The number of likely N-dealkylation sites (N-methyl/N-ethyl adjacent to an activating group) is 1. The molecule has 1 atom stereocenters. The Hall–Kier alpha value is -0.610. The first-order chi connectivity index (χ1) is 14.9. The minimum absolute atomic E-state index is 0.0697. The summed E-state index contributed by atoms with van der Waals surface area (Å²) >= 11 is 0. The highest BCUT2D eigenvalue weighted by molar-refractivity contribution is 5.76. The van der Waals surface area contributed by atoms with Gasteiger partial charge in [-0.25, -0.2) is 0 Å². The summed E-state index contributed by atoms with van der Waals surface area (Å²) in [5.41, 5.74) is -0.866. The number of nitrogens with one attached hydrogen (secondary N) is 1. The van der Waals surface area contributed by atoms with E-state index in [-0.39, 0.29) is 12.1 Å². The SMILES string of the molecule is CCCCCCCCCCCCCCCCCC(=O)NC(N(C)CC)C(O)(CC)CC. The molecule has 0 spiro atoms. The van der Waals surface area contributed by atoms with Gasteiger partial charge in [0.05, 0.1) is 5.60 Å². The Kier molecular flexibility index (Phi) is 19.6. The van der Waals surface area contributed by atoms with Crippen LogP contribution in [0.4, 0.5) is 0 Å². The van der Waals surface area contributed by atoms with Gasteiger partial charge in [0.25, 0.3) is 0 Å². The van der Waals surface area contributed by atoms with Crippen molar-refractivity contribution in [3.05, 3.63) is 0 Å². The number of amides is 1. The third-order valence-corrected chi connectivity index (χ3v) is 6.98. The maximum atomic E-state index is 12.4. The number of carbonyl (C=O) groups excluding carboxylic acids is 1. The van der Waals surface area contributed by atoms with Crippen molar-refractivity contribution in [3.8, 4) is 0 Å². The molecule has 0 radical (unpaired) electrons. The summed E-state index contributed by atoms with van der Waals surface area (Å²) in [4.78, 5) is 14.5. The summed E-state index contributed by atoms with van der Waals surface area (Å²) in [5, 5.41) is 14.0. The van der Waals surface area contributed by atoms with Gasteiger partial charge in [-0.05, 0) is 32.9 Å². The summed E-state index contributed by atoms with van der Waals surface area (Å²) in [6, 6.07) is 0. The van der Waals surface area contributed by atoms with E-state index >= 15 is 0 Å². The molecule has 0 heterocycles. The topological polar surface area (TPSA) is 52.6 Å². The van der Waals surface area contributed by atoms with Crippen molar-refractivity contribution in [3.63, 3.8) is 0 Å². The number of aliphatic hydroxyl groups is 1. The Morgan fingerprint density at radius 3 is 1.48 bits per heavy atom. The van der Waals surface area contributed by atoms with E-state index in [9.17, 15) is 9.90 Å². The quantitative estimate of drug-likeness (QED) is 0.138. The second kappa shape index (κ2) is 20.0. The van der Waals surface area contributed by atoms with E-state index in [0.717, 1.165) is 19.4 Å². The van der Waals surface area contributed by atoms with Crippen LogP contribution in [0.5, 0.6) is 0 Å². The van der Waals surface area contributed by atoms with Crippen LogP contribution < -0.4 is 5.32 Å². The van der Waals surface area contributed by atoms with Crippen molar-refractivity contribution in [2.45, 2.75) is 155 Å². The lowest BCUT2D eigenvalue weighted by atomic mass is 9.92. The van der Waals surface area contributed by atoms with Gasteiger partial charge in [-0.3, -0.25) is 9.69 Å². The summed E-state index contributed by atoms with van der Waals surface area (Å²) < 4.78 is 0. The molecular formula is C27H56N2O2. The molecule has 0 saturated heterocycles. The standard InChI is InChI=1S/C27H56N2O2/c1-6-10-11-12-13-14-15-16-17-18-19-20-21-22-23-24-25(30)28-26(29(5)9-4)27(31,7-2)8-3/h26,31H,6-24H2,1-5H3,(H,28,30). The summed E-state index contributed by atoms with van der Waals surface area (Å²) in [7, 11) is 1.97. The average Bonchev–Trinajstić information content (AvgIpc) is 2.78. The molecule has 31 heavy (non-hydrogen) atoms. The molecule has 0 aromatic rings. The number of nitrogens with zero attached hydrogens (tertiary/aromatic N) is 1. The molecule has 2 N–H and O–H groups in total. The molecular weight excluding hydrogens is 384 g/mol. The zero-order chi connectivity index (χ0) is 23.4. The van der Waals surface area contributed by atoms with Gasteiger partial charge >= 0.3 is 0 Å². The molecule has 0 aromatic carbocycles. The number of hydrogen-bond donors (Lipinski definition) is 2. The molecule has 1 unspecified atom stereocenters.